The van der Waals surface area contributed by atoms with E-state index in [2.05, 4.69) is 10.2 Å². The molecule has 0 atom stereocenters. The maximum atomic E-state index is 13.4. The van der Waals surface area contributed by atoms with E-state index in [0.29, 0.717) is 10.8 Å². The largest absolute Gasteiger partial charge is 0.297 e. The maximum Gasteiger partial charge on any atom is 0.283 e. The van der Waals surface area contributed by atoms with Crippen LogP contribution in [-0.4, -0.2) is 19.7 Å². The molecule has 1 saturated carbocycles. The van der Waals surface area contributed by atoms with Crippen molar-refractivity contribution in [3.63, 3.8) is 0 Å². The van der Waals surface area contributed by atoms with Gasteiger partial charge in [-0.15, -0.1) is 0 Å². The number of nitrogens with one attached hydrogen (secondary N) is 1. The summed E-state index contributed by atoms with van der Waals surface area (Å²) in [6, 6.07) is 1.43. The molecule has 0 radical (unpaired) electrons. The van der Waals surface area contributed by atoms with Gasteiger partial charge in [0.15, 0.2) is 22.2 Å². The summed E-state index contributed by atoms with van der Waals surface area (Å²) in [4.78, 5) is 10.2. The Morgan fingerprint density at radius 3 is 2.65 bits per heavy atom. The molecule has 1 N–H and O–H groups in total. The lowest BCUT2D eigenvalue weighted by molar-refractivity contribution is -0.384. The van der Waals surface area contributed by atoms with Gasteiger partial charge in [0, 0.05) is 6.04 Å². The van der Waals surface area contributed by atoms with Gasteiger partial charge in [-0.2, -0.15) is 5.10 Å². The van der Waals surface area contributed by atoms with Crippen molar-refractivity contribution < 1.29 is 13.7 Å². The molecule has 1 fully saturated rings. The minimum absolute atomic E-state index is 0.0897. The Morgan fingerprint density at radius 1 is 1.40 bits per heavy atom. The number of rotatable bonds is 3. The van der Waals surface area contributed by atoms with Crippen LogP contribution in [-0.2, 0) is 0 Å². The minimum atomic E-state index is -1.27. The van der Waals surface area contributed by atoms with Gasteiger partial charge in [-0.1, -0.05) is 0 Å². The number of hydrogen-bond acceptors (Lipinski definition) is 4. The van der Waals surface area contributed by atoms with E-state index < -0.39 is 22.2 Å². The van der Waals surface area contributed by atoms with E-state index >= 15 is 0 Å². The first-order valence-corrected chi connectivity index (χ1v) is 6.20. The molecule has 0 bridgehead atoms. The third-order valence-corrected chi connectivity index (χ3v) is 3.38. The summed E-state index contributed by atoms with van der Waals surface area (Å²) in [7, 11) is 0. The fraction of sp³-hybridized carbons (Fsp3) is 0.273. The highest BCUT2D eigenvalue weighted by molar-refractivity contribution is 7.71. The van der Waals surface area contributed by atoms with Gasteiger partial charge in [0.2, 0.25) is 0 Å². The first-order valence-electron chi connectivity index (χ1n) is 5.79. The van der Waals surface area contributed by atoms with Gasteiger partial charge >= 0.3 is 0 Å². The van der Waals surface area contributed by atoms with Gasteiger partial charge in [-0.3, -0.25) is 19.8 Å². The molecule has 1 aromatic heterocycles. The number of benzene rings is 1. The maximum absolute atomic E-state index is 13.4. The third-order valence-electron chi connectivity index (χ3n) is 3.09. The summed E-state index contributed by atoms with van der Waals surface area (Å²) < 4.78 is 28.5. The van der Waals surface area contributed by atoms with Gasteiger partial charge in [-0.25, -0.2) is 8.78 Å². The fourth-order valence-corrected chi connectivity index (χ4v) is 2.31. The Kier molecular flexibility index (Phi) is 2.85. The lowest BCUT2D eigenvalue weighted by Gasteiger charge is -2.06. The number of nitro benzene ring substituents is 1. The average molecular weight is 298 g/mol. The van der Waals surface area contributed by atoms with E-state index in [1.165, 1.54) is 0 Å². The molecular formula is C11H8F2N4O2S. The molecule has 1 aromatic carbocycles. The predicted octanol–water partition coefficient (Wildman–Crippen LogP) is 3.13. The van der Waals surface area contributed by atoms with Crippen LogP contribution in [0.2, 0.25) is 0 Å². The molecule has 1 heterocycles. The molecule has 0 unspecified atom stereocenters. The lowest BCUT2D eigenvalue weighted by Crippen LogP contribution is -2.02. The highest BCUT2D eigenvalue weighted by Gasteiger charge is 2.31. The number of hydrogen-bond donors (Lipinski definition) is 1. The second kappa shape index (κ2) is 4.44. The Balaban J connectivity index is 2.26. The highest BCUT2D eigenvalue weighted by Crippen LogP contribution is 2.40. The number of aromatic nitrogens is 3. The molecule has 0 spiro atoms. The van der Waals surface area contributed by atoms with E-state index in [1.807, 2.05) is 0 Å². The SMILES string of the molecule is O=[N+]([O-])c1cc(F)c(F)cc1-c1n[nH]c(=S)n1C1CC1. The molecule has 20 heavy (non-hydrogen) atoms. The molecule has 3 rings (SSSR count). The summed E-state index contributed by atoms with van der Waals surface area (Å²) in [6.07, 6.45) is 1.75. The van der Waals surface area contributed by atoms with E-state index in [4.69, 9.17) is 12.2 Å². The molecule has 0 saturated heterocycles. The van der Waals surface area contributed by atoms with Crippen molar-refractivity contribution in [3.05, 3.63) is 38.7 Å². The Morgan fingerprint density at radius 2 is 2.05 bits per heavy atom. The molecule has 1 aliphatic carbocycles. The molecule has 1 aliphatic rings. The van der Waals surface area contributed by atoms with Crippen molar-refractivity contribution in [1.82, 2.24) is 14.8 Å². The second-order valence-corrected chi connectivity index (χ2v) is 4.88. The van der Waals surface area contributed by atoms with Gasteiger partial charge in [0.25, 0.3) is 5.69 Å². The van der Waals surface area contributed by atoms with Crippen molar-refractivity contribution in [2.75, 3.05) is 0 Å². The molecule has 2 aromatic rings. The quantitative estimate of drug-likeness (QED) is 0.536. The standard InChI is InChI=1S/C11H8F2N4O2S/c12-7-3-6(9(17(18)19)4-8(7)13)10-14-15-11(20)16(10)5-1-2-5/h3-5H,1-2H2,(H,15,20). The van der Waals surface area contributed by atoms with E-state index in [1.54, 1.807) is 4.57 Å². The molecule has 0 amide bonds. The van der Waals surface area contributed by atoms with Gasteiger partial charge in [0.05, 0.1) is 11.0 Å². The summed E-state index contributed by atoms with van der Waals surface area (Å²) >= 11 is 5.06. The number of nitrogens with zero attached hydrogens (tertiary/aromatic N) is 3. The van der Waals surface area contributed by atoms with Crippen LogP contribution in [0, 0.1) is 26.5 Å². The van der Waals surface area contributed by atoms with Crippen molar-refractivity contribution in [3.8, 4) is 11.4 Å². The molecule has 9 heteroatoms. The normalized spacial score (nSPS) is 14.5. The molecule has 104 valence electrons. The van der Waals surface area contributed by atoms with Crippen LogP contribution in [0.4, 0.5) is 14.5 Å². The molecular weight excluding hydrogens is 290 g/mol. The summed E-state index contributed by atoms with van der Waals surface area (Å²) in [5.41, 5.74) is -0.632. The van der Waals surface area contributed by atoms with Gasteiger partial charge in [0.1, 0.15) is 5.56 Å². The van der Waals surface area contributed by atoms with Crippen LogP contribution >= 0.6 is 12.2 Å². The van der Waals surface area contributed by atoms with Gasteiger partial charge in [-0.05, 0) is 31.1 Å². The number of halogens is 2. The van der Waals surface area contributed by atoms with E-state index in [-0.39, 0.29) is 17.4 Å². The van der Waals surface area contributed by atoms with E-state index in [0.717, 1.165) is 18.9 Å². The Labute approximate surface area is 116 Å². The van der Waals surface area contributed by atoms with Crippen molar-refractivity contribution in [2.24, 2.45) is 0 Å². The number of H-pyrrole nitrogens is 1. The van der Waals surface area contributed by atoms with Crippen LogP contribution < -0.4 is 0 Å². The van der Waals surface area contributed by atoms with E-state index in [9.17, 15) is 18.9 Å². The third kappa shape index (κ3) is 1.99. The van der Waals surface area contributed by atoms with Crippen LogP contribution in [0.3, 0.4) is 0 Å². The van der Waals surface area contributed by atoms with Crippen LogP contribution in [0.15, 0.2) is 12.1 Å². The summed E-state index contributed by atoms with van der Waals surface area (Å²) in [5.74, 6) is -2.28. The van der Waals surface area contributed by atoms with Crippen molar-refractivity contribution in [2.45, 2.75) is 18.9 Å². The average Bonchev–Trinajstić information content (AvgIpc) is 3.15. The predicted molar refractivity (Wildman–Crippen MR) is 67.7 cm³/mol. The Bertz CT molecular complexity index is 766. The topological polar surface area (TPSA) is 76.8 Å². The van der Waals surface area contributed by atoms with Crippen molar-refractivity contribution in [1.29, 1.82) is 0 Å². The summed E-state index contributed by atoms with van der Waals surface area (Å²) in [6.45, 7) is 0. The summed E-state index contributed by atoms with van der Waals surface area (Å²) in [5, 5.41) is 17.5. The monoisotopic (exact) mass is 298 g/mol. The van der Waals surface area contributed by atoms with Crippen molar-refractivity contribution >= 4 is 17.9 Å². The lowest BCUT2D eigenvalue weighted by atomic mass is 10.1. The number of nitro groups is 1. The zero-order chi connectivity index (χ0) is 14.4. The highest BCUT2D eigenvalue weighted by atomic mass is 32.1. The van der Waals surface area contributed by atoms with Crippen LogP contribution in [0.25, 0.3) is 11.4 Å². The Hall–Kier alpha value is -2.16. The molecule has 0 aliphatic heterocycles. The number of aromatic amines is 1. The van der Waals surface area contributed by atoms with Crippen LogP contribution in [0.1, 0.15) is 18.9 Å². The zero-order valence-corrected chi connectivity index (χ0v) is 10.8. The van der Waals surface area contributed by atoms with Gasteiger partial charge < -0.3 is 0 Å². The smallest absolute Gasteiger partial charge is 0.283 e. The second-order valence-electron chi connectivity index (χ2n) is 4.49. The first kappa shape index (κ1) is 12.9. The zero-order valence-electron chi connectivity index (χ0n) is 9.97. The molecule has 6 nitrogen and oxygen atoms in total. The minimum Gasteiger partial charge on any atom is -0.297 e. The fourth-order valence-electron chi connectivity index (χ4n) is 2.03. The first-order chi connectivity index (χ1) is 9.49. The van der Waals surface area contributed by atoms with Crippen LogP contribution in [0.5, 0.6) is 0 Å².